The van der Waals surface area contributed by atoms with Gasteiger partial charge in [-0.3, -0.25) is 4.79 Å². The number of sulfonamides is 1. The minimum absolute atomic E-state index is 0.0548. The molecule has 136 valence electrons. The molecule has 2 aliphatic rings. The Morgan fingerprint density at radius 1 is 1.27 bits per heavy atom. The topological polar surface area (TPSA) is 92.0 Å². The van der Waals surface area contributed by atoms with Crippen LogP contribution in [0.25, 0.3) is 0 Å². The smallest absolute Gasteiger partial charge is 0.285 e. The zero-order chi connectivity index (χ0) is 18.1. The molecule has 1 aromatic carbocycles. The maximum absolute atomic E-state index is 12.5. The summed E-state index contributed by atoms with van der Waals surface area (Å²) in [7, 11) is -3.65. The predicted octanol–water partition coefficient (Wildman–Crippen LogP) is 1.76. The van der Waals surface area contributed by atoms with Crippen LogP contribution < -0.4 is 5.32 Å². The molecule has 1 atom stereocenters. The van der Waals surface area contributed by atoms with Crippen LogP contribution in [0.3, 0.4) is 0 Å². The molecule has 0 unspecified atom stereocenters. The Morgan fingerprint density at radius 2 is 2.12 bits per heavy atom. The van der Waals surface area contributed by atoms with Gasteiger partial charge in [0, 0.05) is 18.7 Å². The molecule has 0 radical (unpaired) electrons. The summed E-state index contributed by atoms with van der Waals surface area (Å²) in [6.07, 6.45) is 3.14. The van der Waals surface area contributed by atoms with Gasteiger partial charge >= 0.3 is 0 Å². The minimum Gasteiger partial charge on any atom is -0.467 e. The molecule has 26 heavy (non-hydrogen) atoms. The highest BCUT2D eigenvalue weighted by Gasteiger charge is 2.35. The number of hydrogen-bond acceptors (Lipinski definition) is 5. The fourth-order valence-corrected chi connectivity index (χ4v) is 4.66. The maximum atomic E-state index is 12.5. The van der Waals surface area contributed by atoms with Gasteiger partial charge in [0.2, 0.25) is 5.91 Å². The largest absolute Gasteiger partial charge is 0.467 e. The molecule has 4 rings (SSSR count). The third-order valence-electron chi connectivity index (χ3n) is 4.72. The first-order valence-electron chi connectivity index (χ1n) is 8.54. The molecule has 1 aromatic heterocycles. The zero-order valence-corrected chi connectivity index (χ0v) is 14.9. The minimum atomic E-state index is -3.65. The van der Waals surface area contributed by atoms with Gasteiger partial charge in [0.25, 0.3) is 10.0 Å². The Hall–Kier alpha value is -2.61. The number of amidine groups is 1. The lowest BCUT2D eigenvalue weighted by atomic mass is 9.96. The first kappa shape index (κ1) is 16.8. The van der Waals surface area contributed by atoms with E-state index in [0.29, 0.717) is 36.8 Å². The number of hydrogen-bond donors (Lipinski definition) is 1. The number of nitrogens with zero attached hydrogens (tertiary/aromatic N) is 2. The van der Waals surface area contributed by atoms with Crippen LogP contribution in [-0.2, 0) is 21.4 Å². The molecule has 0 saturated carbocycles. The standard InChI is InChI=1S/C18H19N3O4S/c22-18(19-11-14-6-4-10-25-14)13-5-3-9-21(12-13)17-15-7-1-2-8-16(15)26(23,24)20-17/h1-2,4,6-8,10,13H,3,5,9,11-12H2,(H,19,22)/t13-/m0/s1. The summed E-state index contributed by atoms with van der Waals surface area (Å²) in [6.45, 7) is 1.48. The molecule has 1 saturated heterocycles. The Balaban J connectivity index is 1.48. The van der Waals surface area contributed by atoms with Crippen molar-refractivity contribution in [2.24, 2.45) is 10.3 Å². The van der Waals surface area contributed by atoms with E-state index in [4.69, 9.17) is 4.42 Å². The van der Waals surface area contributed by atoms with E-state index in [1.165, 1.54) is 0 Å². The van der Waals surface area contributed by atoms with Crippen LogP contribution in [0.5, 0.6) is 0 Å². The predicted molar refractivity (Wildman–Crippen MR) is 95.0 cm³/mol. The third kappa shape index (κ3) is 3.12. The van der Waals surface area contributed by atoms with E-state index < -0.39 is 10.0 Å². The van der Waals surface area contributed by atoms with Crippen LogP contribution in [0.1, 0.15) is 24.2 Å². The fourth-order valence-electron chi connectivity index (χ4n) is 3.43. The number of nitrogens with one attached hydrogen (secondary N) is 1. The van der Waals surface area contributed by atoms with Gasteiger partial charge in [-0.25, -0.2) is 0 Å². The highest BCUT2D eigenvalue weighted by atomic mass is 32.2. The molecule has 2 aliphatic heterocycles. The molecule has 3 heterocycles. The van der Waals surface area contributed by atoms with Crippen LogP contribution >= 0.6 is 0 Å². The second kappa shape index (κ2) is 6.60. The zero-order valence-electron chi connectivity index (χ0n) is 14.1. The van der Waals surface area contributed by atoms with E-state index in [0.717, 1.165) is 12.8 Å². The second-order valence-electron chi connectivity index (χ2n) is 6.47. The van der Waals surface area contributed by atoms with Crippen molar-refractivity contribution in [3.05, 3.63) is 54.0 Å². The van der Waals surface area contributed by atoms with Crippen LogP contribution in [0, 0.1) is 5.92 Å². The average molecular weight is 373 g/mol. The summed E-state index contributed by atoms with van der Waals surface area (Å²) in [5.41, 5.74) is 0.615. The van der Waals surface area contributed by atoms with E-state index in [1.807, 2.05) is 11.0 Å². The number of likely N-dealkylation sites (tertiary alicyclic amines) is 1. The lowest BCUT2D eigenvalue weighted by Gasteiger charge is -2.33. The Morgan fingerprint density at radius 3 is 2.92 bits per heavy atom. The highest BCUT2D eigenvalue weighted by molar-refractivity contribution is 7.90. The first-order chi connectivity index (χ1) is 12.5. The van der Waals surface area contributed by atoms with Crippen molar-refractivity contribution < 1.29 is 17.6 Å². The van der Waals surface area contributed by atoms with Crippen molar-refractivity contribution in [2.45, 2.75) is 24.3 Å². The first-order valence-corrected chi connectivity index (χ1v) is 9.98. The summed E-state index contributed by atoms with van der Waals surface area (Å²) in [5, 5.41) is 2.88. The number of carbonyl (C=O) groups excluding carboxylic acids is 1. The molecule has 1 N–H and O–H groups in total. The van der Waals surface area contributed by atoms with Gasteiger partial charge in [-0.2, -0.15) is 8.42 Å². The average Bonchev–Trinajstić information content (AvgIpc) is 3.26. The summed E-state index contributed by atoms with van der Waals surface area (Å²) >= 11 is 0. The lowest BCUT2D eigenvalue weighted by Crippen LogP contribution is -2.45. The Bertz CT molecular complexity index is 951. The van der Waals surface area contributed by atoms with Crippen molar-refractivity contribution in [2.75, 3.05) is 13.1 Å². The number of benzene rings is 1. The molecular formula is C18H19N3O4S. The molecule has 0 spiro atoms. The van der Waals surface area contributed by atoms with E-state index in [1.54, 1.807) is 36.6 Å². The summed E-state index contributed by atoms with van der Waals surface area (Å²) in [4.78, 5) is 14.6. The molecule has 1 fully saturated rings. The van der Waals surface area contributed by atoms with Crippen molar-refractivity contribution in [3.63, 3.8) is 0 Å². The van der Waals surface area contributed by atoms with Crippen LogP contribution in [0.2, 0.25) is 0 Å². The molecule has 2 aromatic rings. The fraction of sp³-hybridized carbons (Fsp3) is 0.333. The number of rotatable bonds is 3. The molecular weight excluding hydrogens is 354 g/mol. The van der Waals surface area contributed by atoms with E-state index in [-0.39, 0.29) is 16.7 Å². The maximum Gasteiger partial charge on any atom is 0.285 e. The Labute approximate surface area is 151 Å². The quantitative estimate of drug-likeness (QED) is 0.885. The van der Waals surface area contributed by atoms with Crippen molar-refractivity contribution in [1.82, 2.24) is 10.2 Å². The van der Waals surface area contributed by atoms with Gasteiger partial charge in [-0.1, -0.05) is 12.1 Å². The van der Waals surface area contributed by atoms with Gasteiger partial charge in [0.1, 0.15) is 10.7 Å². The monoisotopic (exact) mass is 373 g/mol. The molecule has 8 heteroatoms. The van der Waals surface area contributed by atoms with Gasteiger partial charge in [0.05, 0.1) is 18.7 Å². The number of fused-ring (bicyclic) bond motifs is 1. The SMILES string of the molecule is O=C(NCc1ccco1)[C@H]1CCCN(C2=NS(=O)(=O)c3ccccc32)C1. The van der Waals surface area contributed by atoms with Crippen LogP contribution in [-0.4, -0.2) is 38.2 Å². The number of furan rings is 1. The van der Waals surface area contributed by atoms with Gasteiger partial charge in [0.15, 0.2) is 5.84 Å². The number of carbonyl (C=O) groups is 1. The molecule has 0 bridgehead atoms. The van der Waals surface area contributed by atoms with Crippen molar-refractivity contribution in [1.29, 1.82) is 0 Å². The Kier molecular flexibility index (Phi) is 4.28. The summed E-state index contributed by atoms with van der Waals surface area (Å²) < 4.78 is 33.7. The lowest BCUT2D eigenvalue weighted by molar-refractivity contribution is -0.126. The third-order valence-corrected chi connectivity index (χ3v) is 6.05. The van der Waals surface area contributed by atoms with Gasteiger partial charge in [-0.05, 0) is 37.1 Å². The molecule has 0 aliphatic carbocycles. The van der Waals surface area contributed by atoms with Gasteiger partial charge < -0.3 is 14.6 Å². The number of amides is 1. The van der Waals surface area contributed by atoms with Crippen molar-refractivity contribution in [3.8, 4) is 0 Å². The summed E-state index contributed by atoms with van der Waals surface area (Å²) in [6, 6.07) is 10.4. The molecule has 1 amide bonds. The normalized spacial score (nSPS) is 21.2. The highest BCUT2D eigenvalue weighted by Crippen LogP contribution is 2.29. The van der Waals surface area contributed by atoms with E-state index in [2.05, 4.69) is 9.71 Å². The number of piperidine rings is 1. The molecule has 7 nitrogen and oxygen atoms in total. The second-order valence-corrected chi connectivity index (χ2v) is 8.04. The summed E-state index contributed by atoms with van der Waals surface area (Å²) in [5.74, 6) is 0.882. The van der Waals surface area contributed by atoms with E-state index in [9.17, 15) is 13.2 Å². The van der Waals surface area contributed by atoms with Crippen LogP contribution in [0.4, 0.5) is 0 Å². The van der Waals surface area contributed by atoms with Crippen LogP contribution in [0.15, 0.2) is 56.4 Å². The van der Waals surface area contributed by atoms with Crippen molar-refractivity contribution >= 4 is 21.8 Å². The van der Waals surface area contributed by atoms with E-state index >= 15 is 0 Å². The van der Waals surface area contributed by atoms with Gasteiger partial charge in [-0.15, -0.1) is 4.40 Å².